The predicted molar refractivity (Wildman–Crippen MR) is 105 cm³/mol. The van der Waals surface area contributed by atoms with Gasteiger partial charge in [0.15, 0.2) is 0 Å². The Labute approximate surface area is 162 Å². The monoisotopic (exact) mass is 398 g/mol. The Morgan fingerprint density at radius 1 is 1.19 bits per heavy atom. The van der Waals surface area contributed by atoms with E-state index in [9.17, 15) is 20.2 Å². The van der Waals surface area contributed by atoms with Gasteiger partial charge in [-0.2, -0.15) is 5.26 Å². The summed E-state index contributed by atoms with van der Waals surface area (Å²) in [6.45, 7) is 0. The molecule has 0 aliphatic heterocycles. The molecule has 134 valence electrons. The number of rotatable bonds is 5. The zero-order valence-electron chi connectivity index (χ0n) is 13.6. The van der Waals surface area contributed by atoms with E-state index >= 15 is 0 Å². The minimum absolute atomic E-state index is 0.0506. The van der Waals surface area contributed by atoms with Gasteiger partial charge in [-0.3, -0.25) is 14.9 Å². The standard InChI is InChI=1S/C18H11ClN4O3S/c19-11-3-1-10(2-4-11)16(24)17-15(21)14(9-20)18(27-17)22-12-5-7-13(8-6-12)23(25)26/h1-8,22H,21H2. The molecule has 3 aromatic rings. The Morgan fingerprint density at radius 3 is 2.37 bits per heavy atom. The maximum absolute atomic E-state index is 12.7. The van der Waals surface area contributed by atoms with Gasteiger partial charge in [-0.25, -0.2) is 0 Å². The summed E-state index contributed by atoms with van der Waals surface area (Å²) in [5.74, 6) is -0.317. The molecule has 0 aliphatic rings. The highest BCUT2D eigenvalue weighted by Crippen LogP contribution is 2.38. The molecule has 3 rings (SSSR count). The number of carbonyl (C=O) groups excluding carboxylic acids is 1. The van der Waals surface area contributed by atoms with Gasteiger partial charge in [0.1, 0.15) is 21.5 Å². The summed E-state index contributed by atoms with van der Waals surface area (Å²) < 4.78 is 0. The molecule has 0 saturated heterocycles. The van der Waals surface area contributed by atoms with Gasteiger partial charge in [0.05, 0.1) is 10.6 Å². The smallest absolute Gasteiger partial charge is 0.269 e. The average molecular weight is 399 g/mol. The first-order chi connectivity index (χ1) is 12.9. The Balaban J connectivity index is 1.94. The van der Waals surface area contributed by atoms with Crippen LogP contribution >= 0.6 is 22.9 Å². The third kappa shape index (κ3) is 3.74. The molecule has 0 radical (unpaired) electrons. The molecule has 0 bridgehead atoms. The number of nitrogens with two attached hydrogens (primary N) is 1. The zero-order chi connectivity index (χ0) is 19.6. The van der Waals surface area contributed by atoms with Crippen LogP contribution in [0.4, 0.5) is 22.1 Å². The first-order valence-electron chi connectivity index (χ1n) is 7.55. The lowest BCUT2D eigenvalue weighted by molar-refractivity contribution is -0.384. The summed E-state index contributed by atoms with van der Waals surface area (Å²) in [6.07, 6.45) is 0. The quantitative estimate of drug-likeness (QED) is 0.363. The lowest BCUT2D eigenvalue weighted by Gasteiger charge is -2.03. The van der Waals surface area contributed by atoms with Crippen LogP contribution in [0.2, 0.25) is 5.02 Å². The maximum Gasteiger partial charge on any atom is 0.269 e. The highest BCUT2D eigenvalue weighted by atomic mass is 35.5. The molecule has 0 atom stereocenters. The molecule has 0 spiro atoms. The van der Waals surface area contributed by atoms with Crippen molar-refractivity contribution in [2.24, 2.45) is 0 Å². The summed E-state index contributed by atoms with van der Waals surface area (Å²) in [7, 11) is 0. The molecule has 2 aromatic carbocycles. The molecule has 0 saturated carbocycles. The second-order valence-corrected chi connectivity index (χ2v) is 6.88. The zero-order valence-corrected chi connectivity index (χ0v) is 15.2. The van der Waals surface area contributed by atoms with E-state index in [1.165, 1.54) is 24.3 Å². The number of nitro groups is 1. The van der Waals surface area contributed by atoms with Crippen LogP contribution in [0.15, 0.2) is 48.5 Å². The number of anilines is 3. The minimum atomic E-state index is -0.503. The summed E-state index contributed by atoms with van der Waals surface area (Å²) in [6, 6.07) is 14.0. The number of nitrogens with zero attached hydrogens (tertiary/aromatic N) is 2. The normalized spacial score (nSPS) is 10.2. The fraction of sp³-hybridized carbons (Fsp3) is 0. The highest BCUT2D eigenvalue weighted by molar-refractivity contribution is 7.19. The van der Waals surface area contributed by atoms with Gasteiger partial charge in [-0.1, -0.05) is 11.6 Å². The van der Waals surface area contributed by atoms with Crippen LogP contribution in [-0.2, 0) is 0 Å². The Bertz CT molecular complexity index is 1070. The fourth-order valence-electron chi connectivity index (χ4n) is 2.34. The fourth-order valence-corrected chi connectivity index (χ4v) is 3.52. The summed E-state index contributed by atoms with van der Waals surface area (Å²) in [5.41, 5.74) is 7.13. The van der Waals surface area contributed by atoms with Crippen LogP contribution < -0.4 is 11.1 Å². The molecule has 0 aliphatic carbocycles. The number of nitro benzene ring substituents is 1. The lowest BCUT2D eigenvalue weighted by Crippen LogP contribution is -2.02. The number of benzene rings is 2. The van der Waals surface area contributed by atoms with Crippen molar-refractivity contribution in [1.29, 1.82) is 5.26 Å². The van der Waals surface area contributed by atoms with Crippen LogP contribution in [-0.4, -0.2) is 10.7 Å². The van der Waals surface area contributed by atoms with Crippen molar-refractivity contribution in [2.45, 2.75) is 0 Å². The van der Waals surface area contributed by atoms with E-state index < -0.39 is 4.92 Å². The molecular formula is C18H11ClN4O3S. The molecule has 3 N–H and O–H groups in total. The van der Waals surface area contributed by atoms with E-state index in [2.05, 4.69) is 5.32 Å². The molecule has 0 amide bonds. The average Bonchev–Trinajstić information content (AvgIpc) is 2.97. The number of ketones is 1. The van der Waals surface area contributed by atoms with E-state index in [0.29, 0.717) is 21.3 Å². The third-order valence-corrected chi connectivity index (χ3v) is 5.08. The lowest BCUT2D eigenvalue weighted by atomic mass is 10.1. The van der Waals surface area contributed by atoms with Gasteiger partial charge in [-0.15, -0.1) is 11.3 Å². The highest BCUT2D eigenvalue weighted by Gasteiger charge is 2.22. The van der Waals surface area contributed by atoms with Crippen LogP contribution in [0.25, 0.3) is 0 Å². The molecule has 0 fully saturated rings. The van der Waals surface area contributed by atoms with Crippen LogP contribution in [0.1, 0.15) is 20.8 Å². The van der Waals surface area contributed by atoms with Crippen molar-refractivity contribution in [3.8, 4) is 6.07 Å². The van der Waals surface area contributed by atoms with Gasteiger partial charge >= 0.3 is 0 Å². The summed E-state index contributed by atoms with van der Waals surface area (Å²) in [4.78, 5) is 23.2. The van der Waals surface area contributed by atoms with Crippen LogP contribution in [0.3, 0.4) is 0 Å². The SMILES string of the molecule is N#Cc1c(Nc2ccc([N+](=O)[O-])cc2)sc(C(=O)c2ccc(Cl)cc2)c1N. The van der Waals surface area contributed by atoms with Gasteiger partial charge in [0, 0.05) is 28.4 Å². The Kier molecular flexibility index (Phi) is 5.07. The van der Waals surface area contributed by atoms with E-state index in [1.54, 1.807) is 24.3 Å². The van der Waals surface area contributed by atoms with Crippen molar-refractivity contribution in [2.75, 3.05) is 11.1 Å². The summed E-state index contributed by atoms with van der Waals surface area (Å²) >= 11 is 6.89. The summed E-state index contributed by atoms with van der Waals surface area (Å²) in [5, 5.41) is 24.0. The van der Waals surface area contributed by atoms with Gasteiger partial charge in [-0.05, 0) is 36.4 Å². The van der Waals surface area contributed by atoms with Crippen LogP contribution in [0.5, 0.6) is 0 Å². The van der Waals surface area contributed by atoms with Gasteiger partial charge < -0.3 is 11.1 Å². The van der Waals surface area contributed by atoms with Crippen LogP contribution in [0, 0.1) is 21.4 Å². The van der Waals surface area contributed by atoms with Gasteiger partial charge in [0.25, 0.3) is 5.69 Å². The number of halogens is 1. The van der Waals surface area contributed by atoms with E-state index in [1.807, 2.05) is 6.07 Å². The van der Waals surface area contributed by atoms with E-state index in [4.69, 9.17) is 17.3 Å². The minimum Gasteiger partial charge on any atom is -0.396 e. The first-order valence-corrected chi connectivity index (χ1v) is 8.74. The second kappa shape index (κ2) is 7.45. The molecule has 7 nitrogen and oxygen atoms in total. The molecule has 9 heteroatoms. The number of carbonyl (C=O) groups is 1. The second-order valence-electron chi connectivity index (χ2n) is 5.43. The number of nitriles is 1. The topological polar surface area (TPSA) is 122 Å². The van der Waals surface area contributed by atoms with Crippen molar-refractivity contribution in [3.05, 3.63) is 79.7 Å². The number of hydrogen-bond donors (Lipinski definition) is 2. The first kappa shape index (κ1) is 18.4. The Hall–Kier alpha value is -3.41. The molecule has 27 heavy (non-hydrogen) atoms. The number of thiophene rings is 1. The maximum atomic E-state index is 12.7. The molecular weight excluding hydrogens is 388 g/mol. The van der Waals surface area contributed by atoms with Crippen molar-refractivity contribution in [3.63, 3.8) is 0 Å². The third-order valence-electron chi connectivity index (χ3n) is 3.71. The Morgan fingerprint density at radius 2 is 1.81 bits per heavy atom. The largest absolute Gasteiger partial charge is 0.396 e. The predicted octanol–water partition coefficient (Wildman–Crippen LogP) is 4.74. The van der Waals surface area contributed by atoms with E-state index in [0.717, 1.165) is 11.3 Å². The molecule has 1 heterocycles. The number of non-ortho nitro benzene ring substituents is 1. The van der Waals surface area contributed by atoms with Gasteiger partial charge in [0.2, 0.25) is 5.78 Å². The van der Waals surface area contributed by atoms with E-state index in [-0.39, 0.29) is 27.6 Å². The number of nitrogen functional groups attached to an aromatic ring is 1. The van der Waals surface area contributed by atoms with Crippen molar-refractivity contribution >= 4 is 50.8 Å². The van der Waals surface area contributed by atoms with Crippen molar-refractivity contribution in [1.82, 2.24) is 0 Å². The molecule has 0 unspecified atom stereocenters. The molecule has 1 aromatic heterocycles. The number of nitrogens with one attached hydrogen (secondary N) is 1. The number of hydrogen-bond acceptors (Lipinski definition) is 7. The van der Waals surface area contributed by atoms with Crippen molar-refractivity contribution < 1.29 is 9.72 Å².